The maximum atomic E-state index is 11.3. The third-order valence-electron chi connectivity index (χ3n) is 2.76. The fourth-order valence-corrected chi connectivity index (χ4v) is 1.84. The Bertz CT molecular complexity index is 360. The molecule has 94 valence electrons. The number of carbonyl (C=O) groups is 1. The van der Waals surface area contributed by atoms with E-state index >= 15 is 0 Å². The zero-order valence-corrected chi connectivity index (χ0v) is 10.5. The summed E-state index contributed by atoms with van der Waals surface area (Å²) in [7, 11) is 0. The molecule has 0 aliphatic rings. The Kier molecular flexibility index (Phi) is 5.70. The quantitative estimate of drug-likeness (QED) is 0.740. The smallest absolute Gasteiger partial charge is 0.311 e. The molecule has 1 atom stereocenters. The molecule has 0 amide bonds. The van der Waals surface area contributed by atoms with E-state index in [1.165, 1.54) is 0 Å². The average Bonchev–Trinajstić information content (AvgIpc) is 2.30. The summed E-state index contributed by atoms with van der Waals surface area (Å²) >= 11 is 0. The van der Waals surface area contributed by atoms with Crippen molar-refractivity contribution in [2.75, 3.05) is 13.2 Å². The van der Waals surface area contributed by atoms with Crippen molar-refractivity contribution in [3.05, 3.63) is 35.4 Å². The Morgan fingerprint density at radius 1 is 1.35 bits per heavy atom. The highest BCUT2D eigenvalue weighted by Gasteiger charge is 2.20. The number of aryl methyl sites for hydroxylation is 1. The van der Waals surface area contributed by atoms with Crippen molar-refractivity contribution < 1.29 is 14.6 Å². The highest BCUT2D eigenvalue weighted by Crippen LogP contribution is 2.23. The van der Waals surface area contributed by atoms with Crippen LogP contribution in [0, 0.1) is 6.92 Å². The van der Waals surface area contributed by atoms with Crippen molar-refractivity contribution in [1.82, 2.24) is 0 Å². The van der Waals surface area contributed by atoms with Crippen LogP contribution in [-0.4, -0.2) is 24.3 Å². The van der Waals surface area contributed by atoms with E-state index in [0.29, 0.717) is 19.6 Å². The number of benzene rings is 1. The second-order valence-electron chi connectivity index (χ2n) is 4.15. The topological polar surface area (TPSA) is 46.5 Å². The van der Waals surface area contributed by atoms with Gasteiger partial charge < -0.3 is 9.84 Å². The molecule has 0 radical (unpaired) electrons. The fraction of sp³-hybridized carbons (Fsp3) is 0.500. The van der Waals surface area contributed by atoms with Crippen molar-refractivity contribution in [3.63, 3.8) is 0 Å². The Labute approximate surface area is 102 Å². The molecule has 1 unspecified atom stereocenters. The molecule has 0 saturated carbocycles. The van der Waals surface area contributed by atoms with Crippen LogP contribution < -0.4 is 0 Å². The van der Waals surface area contributed by atoms with E-state index in [4.69, 9.17) is 4.74 Å². The normalized spacial score (nSPS) is 12.4. The molecular weight excluding hydrogens is 216 g/mol. The molecule has 0 heterocycles. The van der Waals surface area contributed by atoms with Crippen LogP contribution in [0.1, 0.15) is 36.8 Å². The minimum absolute atomic E-state index is 0.465. The predicted octanol–water partition coefficient (Wildman–Crippen LogP) is 2.98. The lowest BCUT2D eigenvalue weighted by Crippen LogP contribution is -2.15. The summed E-state index contributed by atoms with van der Waals surface area (Å²) in [5, 5.41) is 9.25. The Hall–Kier alpha value is -1.35. The molecule has 3 heteroatoms. The Morgan fingerprint density at radius 3 is 2.65 bits per heavy atom. The Morgan fingerprint density at radius 2 is 2.06 bits per heavy atom. The van der Waals surface area contributed by atoms with Crippen LogP contribution in [0.25, 0.3) is 0 Å². The molecule has 17 heavy (non-hydrogen) atoms. The van der Waals surface area contributed by atoms with Crippen LogP contribution in [0.3, 0.4) is 0 Å². The second-order valence-corrected chi connectivity index (χ2v) is 4.15. The molecule has 0 spiro atoms. The van der Waals surface area contributed by atoms with Gasteiger partial charge in [-0.15, -0.1) is 0 Å². The molecule has 0 bridgehead atoms. The van der Waals surface area contributed by atoms with Crippen molar-refractivity contribution in [2.45, 2.75) is 32.6 Å². The van der Waals surface area contributed by atoms with Gasteiger partial charge in [0.1, 0.15) is 0 Å². The summed E-state index contributed by atoms with van der Waals surface area (Å²) in [5.74, 6) is -1.24. The highest BCUT2D eigenvalue weighted by atomic mass is 16.5. The van der Waals surface area contributed by atoms with Crippen LogP contribution in [0.4, 0.5) is 0 Å². The van der Waals surface area contributed by atoms with Gasteiger partial charge in [-0.05, 0) is 30.9 Å². The number of hydrogen-bond donors (Lipinski definition) is 1. The summed E-state index contributed by atoms with van der Waals surface area (Å²) in [5.41, 5.74) is 1.91. The number of carboxylic acids is 1. The monoisotopic (exact) mass is 236 g/mol. The van der Waals surface area contributed by atoms with Crippen molar-refractivity contribution in [1.29, 1.82) is 0 Å². The van der Waals surface area contributed by atoms with E-state index in [-0.39, 0.29) is 0 Å². The van der Waals surface area contributed by atoms with Gasteiger partial charge in [-0.2, -0.15) is 0 Å². The molecule has 3 nitrogen and oxygen atoms in total. The molecule has 1 N–H and O–H groups in total. The zero-order valence-electron chi connectivity index (χ0n) is 10.5. The molecule has 1 rings (SSSR count). The first-order valence-corrected chi connectivity index (χ1v) is 6.03. The molecular formula is C14H20O3. The van der Waals surface area contributed by atoms with Crippen LogP contribution in [0.5, 0.6) is 0 Å². The van der Waals surface area contributed by atoms with Crippen LogP contribution in [-0.2, 0) is 9.53 Å². The maximum Gasteiger partial charge on any atom is 0.311 e. The number of aliphatic carboxylic acids is 1. The largest absolute Gasteiger partial charge is 0.481 e. The SMILES string of the molecule is CCCOCCC(C(=O)O)c1ccccc1C. The van der Waals surface area contributed by atoms with E-state index < -0.39 is 11.9 Å². The third-order valence-corrected chi connectivity index (χ3v) is 2.76. The van der Waals surface area contributed by atoms with Gasteiger partial charge in [0, 0.05) is 13.2 Å². The van der Waals surface area contributed by atoms with Gasteiger partial charge in [-0.1, -0.05) is 31.2 Å². The van der Waals surface area contributed by atoms with Gasteiger partial charge in [-0.3, -0.25) is 4.79 Å². The van der Waals surface area contributed by atoms with Crippen molar-refractivity contribution in [3.8, 4) is 0 Å². The van der Waals surface area contributed by atoms with Crippen LogP contribution in [0.15, 0.2) is 24.3 Å². The lowest BCUT2D eigenvalue weighted by atomic mass is 9.92. The third kappa shape index (κ3) is 4.19. The molecule has 0 aliphatic carbocycles. The molecule has 0 saturated heterocycles. The number of hydrogen-bond acceptors (Lipinski definition) is 2. The first-order valence-electron chi connectivity index (χ1n) is 6.03. The predicted molar refractivity (Wildman–Crippen MR) is 67.3 cm³/mol. The average molecular weight is 236 g/mol. The summed E-state index contributed by atoms with van der Waals surface area (Å²) in [4.78, 5) is 11.3. The molecule has 1 aromatic carbocycles. The van der Waals surface area contributed by atoms with Crippen molar-refractivity contribution >= 4 is 5.97 Å². The van der Waals surface area contributed by atoms with Crippen molar-refractivity contribution in [2.24, 2.45) is 0 Å². The van der Waals surface area contributed by atoms with E-state index in [1.807, 2.05) is 38.1 Å². The van der Waals surface area contributed by atoms with Gasteiger partial charge in [0.15, 0.2) is 0 Å². The molecule has 0 aromatic heterocycles. The lowest BCUT2D eigenvalue weighted by molar-refractivity contribution is -0.139. The van der Waals surface area contributed by atoms with E-state index in [1.54, 1.807) is 0 Å². The number of ether oxygens (including phenoxy) is 1. The Balaban J connectivity index is 2.66. The summed E-state index contributed by atoms with van der Waals surface area (Å²) in [6.07, 6.45) is 1.49. The maximum absolute atomic E-state index is 11.3. The van der Waals surface area contributed by atoms with Crippen LogP contribution >= 0.6 is 0 Å². The second kappa shape index (κ2) is 7.07. The zero-order chi connectivity index (χ0) is 12.7. The van der Waals surface area contributed by atoms with E-state index in [2.05, 4.69) is 0 Å². The highest BCUT2D eigenvalue weighted by molar-refractivity contribution is 5.76. The van der Waals surface area contributed by atoms with E-state index in [9.17, 15) is 9.90 Å². The number of carboxylic acid groups (broad SMARTS) is 1. The summed E-state index contributed by atoms with van der Waals surface area (Å²) in [6, 6.07) is 7.63. The molecule has 1 aromatic rings. The number of rotatable bonds is 7. The standard InChI is InChI=1S/C14H20O3/c1-3-9-17-10-8-13(14(15)16)12-7-5-4-6-11(12)2/h4-7,13H,3,8-10H2,1-2H3,(H,15,16). The summed E-state index contributed by atoms with van der Waals surface area (Å²) < 4.78 is 5.36. The van der Waals surface area contributed by atoms with Gasteiger partial charge in [-0.25, -0.2) is 0 Å². The first-order chi connectivity index (χ1) is 8.16. The van der Waals surface area contributed by atoms with Crippen LogP contribution in [0.2, 0.25) is 0 Å². The molecule has 0 aliphatic heterocycles. The minimum atomic E-state index is -0.778. The first kappa shape index (κ1) is 13.7. The van der Waals surface area contributed by atoms with Gasteiger partial charge >= 0.3 is 5.97 Å². The van der Waals surface area contributed by atoms with Gasteiger partial charge in [0.25, 0.3) is 0 Å². The minimum Gasteiger partial charge on any atom is -0.481 e. The summed E-state index contributed by atoms with van der Waals surface area (Å²) in [6.45, 7) is 5.17. The van der Waals surface area contributed by atoms with Gasteiger partial charge in [0.05, 0.1) is 5.92 Å². The van der Waals surface area contributed by atoms with E-state index in [0.717, 1.165) is 17.5 Å². The molecule has 0 fully saturated rings. The van der Waals surface area contributed by atoms with Gasteiger partial charge in [0.2, 0.25) is 0 Å². The lowest BCUT2D eigenvalue weighted by Gasteiger charge is -2.15. The fourth-order valence-electron chi connectivity index (χ4n) is 1.84.